The number of hydrogen-bond acceptors (Lipinski definition) is 3. The number of rotatable bonds is 6. The number of hydrogen-bond donors (Lipinski definition) is 0. The molecule has 2 aliphatic rings. The number of ether oxygens (including phenoxy) is 1. The Morgan fingerprint density at radius 3 is 2.50 bits per heavy atom. The van der Waals surface area contributed by atoms with E-state index >= 15 is 0 Å². The van der Waals surface area contributed by atoms with Gasteiger partial charge in [0.2, 0.25) is 0 Å². The summed E-state index contributed by atoms with van der Waals surface area (Å²) >= 11 is 0. The molecule has 0 N–H and O–H groups in total. The minimum absolute atomic E-state index is 0.250. The van der Waals surface area contributed by atoms with Gasteiger partial charge in [-0.05, 0) is 82.4 Å². The summed E-state index contributed by atoms with van der Waals surface area (Å²) in [6.45, 7) is 5.13. The van der Waals surface area contributed by atoms with Crippen molar-refractivity contribution in [3.63, 3.8) is 0 Å². The number of likely N-dealkylation sites (tertiary alicyclic amines) is 2. The minimum Gasteiger partial charge on any atom is -0.435 e. The molecule has 3 rings (SSSR count). The summed E-state index contributed by atoms with van der Waals surface area (Å²) in [5.41, 5.74) is 1.04. The van der Waals surface area contributed by atoms with Crippen molar-refractivity contribution < 1.29 is 13.5 Å². The van der Waals surface area contributed by atoms with Crippen molar-refractivity contribution >= 4 is 0 Å². The molecule has 0 unspecified atom stereocenters. The molecule has 0 bridgehead atoms. The molecule has 0 saturated carbocycles. The fourth-order valence-corrected chi connectivity index (χ4v) is 4.12. The zero-order chi connectivity index (χ0) is 16.9. The number of halogens is 2. The molecular formula is C19H28F2N2O. The van der Waals surface area contributed by atoms with Crippen molar-refractivity contribution in [2.75, 3.05) is 26.2 Å². The molecule has 2 fully saturated rings. The summed E-state index contributed by atoms with van der Waals surface area (Å²) < 4.78 is 29.1. The van der Waals surface area contributed by atoms with Gasteiger partial charge >= 0.3 is 6.61 Å². The van der Waals surface area contributed by atoms with E-state index in [1.54, 1.807) is 18.2 Å². The van der Waals surface area contributed by atoms with Crippen LogP contribution in [0.2, 0.25) is 0 Å². The van der Waals surface area contributed by atoms with Gasteiger partial charge in [0.15, 0.2) is 0 Å². The summed E-state index contributed by atoms with van der Waals surface area (Å²) in [7, 11) is 0. The third-order valence-corrected chi connectivity index (χ3v) is 5.56. The second kappa shape index (κ2) is 8.26. The highest BCUT2D eigenvalue weighted by molar-refractivity contribution is 5.28. The maximum Gasteiger partial charge on any atom is 0.387 e. The molecule has 3 nitrogen and oxygen atoms in total. The lowest BCUT2D eigenvalue weighted by Crippen LogP contribution is -2.42. The lowest BCUT2D eigenvalue weighted by atomic mass is 9.89. The van der Waals surface area contributed by atoms with E-state index < -0.39 is 6.61 Å². The SMILES string of the molecule is C[C@H](C1CCN(Cc2cccc(OC(F)F)c2)CC1)N1CCCC1. The summed E-state index contributed by atoms with van der Waals surface area (Å²) in [5, 5.41) is 0. The second-order valence-electron chi connectivity index (χ2n) is 7.12. The minimum atomic E-state index is -2.76. The first kappa shape index (κ1) is 17.6. The number of piperidine rings is 1. The smallest absolute Gasteiger partial charge is 0.387 e. The van der Waals surface area contributed by atoms with Crippen molar-refractivity contribution in [2.45, 2.75) is 51.8 Å². The number of nitrogens with zero attached hydrogens (tertiary/aromatic N) is 2. The number of alkyl halides is 2. The van der Waals surface area contributed by atoms with Gasteiger partial charge in [-0.1, -0.05) is 12.1 Å². The Balaban J connectivity index is 1.48. The van der Waals surface area contributed by atoms with E-state index in [9.17, 15) is 8.78 Å². The van der Waals surface area contributed by atoms with Gasteiger partial charge in [-0.3, -0.25) is 4.90 Å². The Kier molecular flexibility index (Phi) is 6.06. The van der Waals surface area contributed by atoms with Gasteiger partial charge in [0.05, 0.1) is 0 Å². The van der Waals surface area contributed by atoms with E-state index in [-0.39, 0.29) is 5.75 Å². The molecular weight excluding hydrogens is 310 g/mol. The van der Waals surface area contributed by atoms with Crippen LogP contribution in [0.4, 0.5) is 8.78 Å². The quantitative estimate of drug-likeness (QED) is 0.780. The Morgan fingerprint density at radius 1 is 1.12 bits per heavy atom. The van der Waals surface area contributed by atoms with Gasteiger partial charge in [0.1, 0.15) is 5.75 Å². The summed E-state index contributed by atoms with van der Waals surface area (Å²) in [5.74, 6) is 1.04. The average Bonchev–Trinajstić information content (AvgIpc) is 3.09. The highest BCUT2D eigenvalue weighted by Gasteiger charge is 2.28. The molecule has 2 saturated heterocycles. The normalized spacial score (nSPS) is 22.2. The molecule has 134 valence electrons. The van der Waals surface area contributed by atoms with Crippen molar-refractivity contribution in [1.29, 1.82) is 0 Å². The van der Waals surface area contributed by atoms with Crippen LogP contribution < -0.4 is 4.74 Å². The lowest BCUT2D eigenvalue weighted by Gasteiger charge is -2.38. The van der Waals surface area contributed by atoms with Crippen molar-refractivity contribution in [3.05, 3.63) is 29.8 Å². The van der Waals surface area contributed by atoms with E-state index in [4.69, 9.17) is 0 Å². The largest absolute Gasteiger partial charge is 0.435 e. The molecule has 0 spiro atoms. The molecule has 0 aromatic heterocycles. The molecule has 24 heavy (non-hydrogen) atoms. The van der Waals surface area contributed by atoms with Crippen molar-refractivity contribution in [2.24, 2.45) is 5.92 Å². The van der Waals surface area contributed by atoms with E-state index in [0.29, 0.717) is 6.04 Å². The monoisotopic (exact) mass is 338 g/mol. The van der Waals surface area contributed by atoms with Crippen LogP contribution in [0.5, 0.6) is 5.75 Å². The van der Waals surface area contributed by atoms with E-state index in [0.717, 1.165) is 31.1 Å². The standard InChI is InChI=1S/C19H28F2N2O/c1-15(23-9-2-3-10-23)17-7-11-22(12-8-17)14-16-5-4-6-18(13-16)24-19(20)21/h4-6,13,15,17,19H,2-3,7-12,14H2,1H3/t15-/m1/s1. The van der Waals surface area contributed by atoms with Gasteiger partial charge in [-0.2, -0.15) is 8.78 Å². The van der Waals surface area contributed by atoms with Gasteiger partial charge in [0.25, 0.3) is 0 Å². The topological polar surface area (TPSA) is 15.7 Å². The molecule has 2 heterocycles. The van der Waals surface area contributed by atoms with Crippen LogP contribution in [-0.2, 0) is 6.54 Å². The third-order valence-electron chi connectivity index (χ3n) is 5.56. The molecule has 1 aromatic rings. The highest BCUT2D eigenvalue weighted by Crippen LogP contribution is 2.27. The van der Waals surface area contributed by atoms with Crippen LogP contribution in [0.1, 0.15) is 38.2 Å². The molecule has 0 aliphatic carbocycles. The summed E-state index contributed by atoms with van der Waals surface area (Å²) in [6, 6.07) is 7.77. The maximum absolute atomic E-state index is 12.3. The molecule has 5 heteroatoms. The summed E-state index contributed by atoms with van der Waals surface area (Å²) in [6.07, 6.45) is 5.15. The maximum atomic E-state index is 12.3. The fraction of sp³-hybridized carbons (Fsp3) is 0.684. The number of benzene rings is 1. The van der Waals surface area contributed by atoms with Gasteiger partial charge in [0, 0.05) is 12.6 Å². The lowest BCUT2D eigenvalue weighted by molar-refractivity contribution is -0.0499. The van der Waals surface area contributed by atoms with Crippen molar-refractivity contribution in [1.82, 2.24) is 9.80 Å². The van der Waals surface area contributed by atoms with E-state index in [1.807, 2.05) is 6.07 Å². The fourth-order valence-electron chi connectivity index (χ4n) is 4.12. The first-order valence-electron chi connectivity index (χ1n) is 9.12. The molecule has 1 atom stereocenters. The van der Waals surface area contributed by atoms with Crippen LogP contribution in [0.3, 0.4) is 0 Å². The van der Waals surface area contributed by atoms with Gasteiger partial charge in [-0.25, -0.2) is 0 Å². The zero-order valence-corrected chi connectivity index (χ0v) is 14.5. The van der Waals surface area contributed by atoms with Gasteiger partial charge in [-0.15, -0.1) is 0 Å². The Hall–Kier alpha value is -1.20. The van der Waals surface area contributed by atoms with Crippen LogP contribution in [0, 0.1) is 5.92 Å². The first-order valence-corrected chi connectivity index (χ1v) is 9.12. The Bertz CT molecular complexity index is 512. The van der Waals surface area contributed by atoms with Gasteiger partial charge < -0.3 is 9.64 Å². The summed E-state index contributed by atoms with van der Waals surface area (Å²) in [4.78, 5) is 5.07. The van der Waals surface area contributed by atoms with E-state index in [2.05, 4.69) is 21.5 Å². The molecule has 0 radical (unpaired) electrons. The Labute approximate surface area is 143 Å². The molecule has 2 aliphatic heterocycles. The van der Waals surface area contributed by atoms with Crippen LogP contribution in [-0.4, -0.2) is 48.6 Å². The zero-order valence-electron chi connectivity index (χ0n) is 14.5. The second-order valence-corrected chi connectivity index (χ2v) is 7.12. The highest BCUT2D eigenvalue weighted by atomic mass is 19.3. The molecule has 1 aromatic carbocycles. The van der Waals surface area contributed by atoms with Crippen LogP contribution >= 0.6 is 0 Å². The third kappa shape index (κ3) is 4.67. The predicted molar refractivity (Wildman–Crippen MR) is 91.3 cm³/mol. The van der Waals surface area contributed by atoms with Crippen molar-refractivity contribution in [3.8, 4) is 5.75 Å². The predicted octanol–water partition coefficient (Wildman–Crippen LogP) is 3.98. The first-order chi connectivity index (χ1) is 11.6. The van der Waals surface area contributed by atoms with Crippen LogP contribution in [0.15, 0.2) is 24.3 Å². The van der Waals surface area contributed by atoms with Crippen LogP contribution in [0.25, 0.3) is 0 Å². The Morgan fingerprint density at radius 2 is 1.83 bits per heavy atom. The molecule has 0 amide bonds. The average molecular weight is 338 g/mol. The van der Waals surface area contributed by atoms with E-state index in [1.165, 1.54) is 38.8 Å².